The fourth-order valence-electron chi connectivity index (χ4n) is 4.38. The summed E-state index contributed by atoms with van der Waals surface area (Å²) in [7, 11) is 2.22. The predicted octanol–water partition coefficient (Wildman–Crippen LogP) is 4.31. The summed E-state index contributed by atoms with van der Waals surface area (Å²) in [5, 5.41) is 0.810. The monoisotopic (exact) mass is 423 g/mol. The van der Waals surface area contributed by atoms with Crippen molar-refractivity contribution < 1.29 is 0 Å². The molecule has 30 heavy (non-hydrogen) atoms. The van der Waals surface area contributed by atoms with Crippen molar-refractivity contribution in [1.82, 2.24) is 24.3 Å². The Morgan fingerprint density at radius 2 is 1.90 bits per heavy atom. The summed E-state index contributed by atoms with van der Waals surface area (Å²) >= 11 is 6.00. The minimum Gasteiger partial charge on any atom is -0.303 e. The first-order valence-electron chi connectivity index (χ1n) is 10.8. The molecule has 5 nitrogen and oxygen atoms in total. The van der Waals surface area contributed by atoms with E-state index >= 15 is 0 Å². The van der Waals surface area contributed by atoms with Gasteiger partial charge in [0.2, 0.25) is 5.95 Å². The van der Waals surface area contributed by atoms with Crippen molar-refractivity contribution in [3.05, 3.63) is 77.3 Å². The smallest absolute Gasteiger partial charge is 0.233 e. The number of benzene rings is 1. The van der Waals surface area contributed by atoms with Crippen LogP contribution in [0.15, 0.2) is 61.1 Å². The largest absolute Gasteiger partial charge is 0.303 e. The number of halogens is 1. The summed E-state index contributed by atoms with van der Waals surface area (Å²) < 4.78 is 2.08. The second kappa shape index (κ2) is 10.2. The first-order valence-corrected chi connectivity index (χ1v) is 11.1. The molecule has 158 valence electrons. The van der Waals surface area contributed by atoms with Crippen molar-refractivity contribution in [1.29, 1.82) is 0 Å². The quantitative estimate of drug-likeness (QED) is 0.541. The number of hydrogen-bond acceptors (Lipinski definition) is 4. The minimum atomic E-state index is 0.713. The number of piperidine rings is 1. The molecule has 0 aliphatic carbocycles. The van der Waals surface area contributed by atoms with E-state index in [-0.39, 0.29) is 0 Å². The lowest BCUT2D eigenvalue weighted by Crippen LogP contribution is -2.40. The molecule has 3 aromatic rings. The predicted molar refractivity (Wildman–Crippen MR) is 122 cm³/mol. The van der Waals surface area contributed by atoms with Crippen LogP contribution in [0.1, 0.15) is 24.1 Å². The molecule has 6 heteroatoms. The topological polar surface area (TPSA) is 37.2 Å². The van der Waals surface area contributed by atoms with Gasteiger partial charge in [-0.3, -0.25) is 4.57 Å². The van der Waals surface area contributed by atoms with Gasteiger partial charge in [-0.25, -0.2) is 9.97 Å². The van der Waals surface area contributed by atoms with Crippen LogP contribution >= 0.6 is 11.6 Å². The Hall–Kier alpha value is -2.21. The Bertz CT molecular complexity index is 909. The third-order valence-electron chi connectivity index (χ3n) is 5.84. The maximum absolute atomic E-state index is 6.00. The van der Waals surface area contributed by atoms with Gasteiger partial charge in [0.05, 0.1) is 0 Å². The highest BCUT2D eigenvalue weighted by Crippen LogP contribution is 2.19. The SMILES string of the molecule is CN(Cc1cccn1-c1ncccn1)C[C@@H]1CCCN(CCc2ccc(Cl)cc2)C1. The van der Waals surface area contributed by atoms with Crippen molar-refractivity contribution in [2.75, 3.05) is 33.2 Å². The number of rotatable bonds is 8. The summed E-state index contributed by atoms with van der Waals surface area (Å²) in [6.07, 6.45) is 9.30. The molecule has 0 N–H and O–H groups in total. The molecular formula is C24H30ClN5. The van der Waals surface area contributed by atoms with E-state index in [1.54, 1.807) is 12.4 Å². The van der Waals surface area contributed by atoms with E-state index in [0.29, 0.717) is 5.92 Å². The average molecular weight is 424 g/mol. The van der Waals surface area contributed by atoms with E-state index in [9.17, 15) is 0 Å². The van der Waals surface area contributed by atoms with E-state index in [2.05, 4.69) is 55.6 Å². The van der Waals surface area contributed by atoms with Gasteiger partial charge in [0.1, 0.15) is 0 Å². The molecule has 1 aromatic carbocycles. The molecule has 0 saturated carbocycles. The summed E-state index contributed by atoms with van der Waals surface area (Å²) in [6.45, 7) is 5.52. The van der Waals surface area contributed by atoms with Crippen molar-refractivity contribution in [2.45, 2.75) is 25.8 Å². The molecule has 3 heterocycles. The lowest BCUT2D eigenvalue weighted by molar-refractivity contribution is 0.141. The Kier molecular flexibility index (Phi) is 7.16. The molecule has 1 aliphatic heterocycles. The van der Waals surface area contributed by atoms with Crippen LogP contribution in [-0.4, -0.2) is 57.6 Å². The maximum atomic E-state index is 6.00. The molecule has 1 saturated heterocycles. The highest BCUT2D eigenvalue weighted by Gasteiger charge is 2.21. The normalized spacial score (nSPS) is 17.5. The third-order valence-corrected chi connectivity index (χ3v) is 6.09. The summed E-state index contributed by atoms with van der Waals surface area (Å²) in [5.74, 6) is 1.45. The van der Waals surface area contributed by atoms with Crippen LogP contribution in [0, 0.1) is 5.92 Å². The van der Waals surface area contributed by atoms with Crippen molar-refractivity contribution in [3.8, 4) is 5.95 Å². The molecular weight excluding hydrogens is 394 g/mol. The second-order valence-electron chi connectivity index (χ2n) is 8.30. The molecule has 0 amide bonds. The van der Waals surface area contributed by atoms with E-state index in [1.807, 2.05) is 24.4 Å². The summed E-state index contributed by atoms with van der Waals surface area (Å²) in [4.78, 5) is 13.8. The Morgan fingerprint density at radius 1 is 1.10 bits per heavy atom. The lowest BCUT2D eigenvalue weighted by atomic mass is 9.97. The van der Waals surface area contributed by atoms with Crippen LogP contribution in [0.4, 0.5) is 0 Å². The first-order chi connectivity index (χ1) is 14.7. The van der Waals surface area contributed by atoms with Crippen LogP contribution in [-0.2, 0) is 13.0 Å². The summed E-state index contributed by atoms with van der Waals surface area (Å²) in [5.41, 5.74) is 2.58. The van der Waals surface area contributed by atoms with Crippen LogP contribution < -0.4 is 0 Å². The van der Waals surface area contributed by atoms with Gasteiger partial charge in [0, 0.05) is 55.5 Å². The molecule has 0 radical (unpaired) electrons. The zero-order chi connectivity index (χ0) is 20.8. The van der Waals surface area contributed by atoms with Gasteiger partial charge in [-0.1, -0.05) is 23.7 Å². The Balaban J connectivity index is 1.28. The van der Waals surface area contributed by atoms with Crippen LogP contribution in [0.3, 0.4) is 0 Å². The van der Waals surface area contributed by atoms with Gasteiger partial charge in [-0.2, -0.15) is 0 Å². The van der Waals surface area contributed by atoms with Crippen LogP contribution in [0.5, 0.6) is 0 Å². The highest BCUT2D eigenvalue weighted by molar-refractivity contribution is 6.30. The van der Waals surface area contributed by atoms with E-state index in [0.717, 1.165) is 37.0 Å². The van der Waals surface area contributed by atoms with Crippen molar-refractivity contribution in [3.63, 3.8) is 0 Å². The zero-order valence-electron chi connectivity index (χ0n) is 17.6. The minimum absolute atomic E-state index is 0.713. The number of hydrogen-bond donors (Lipinski definition) is 0. The average Bonchev–Trinajstić information content (AvgIpc) is 3.22. The van der Waals surface area contributed by atoms with E-state index in [4.69, 9.17) is 11.6 Å². The first kappa shape index (κ1) is 21.0. The molecule has 1 fully saturated rings. The Labute approximate surface area is 184 Å². The lowest BCUT2D eigenvalue weighted by Gasteiger charge is -2.34. The standard InChI is InChI=1S/C24H30ClN5/c1-28(19-23-6-3-15-30(23)24-26-12-4-13-27-24)17-21-5-2-14-29(18-21)16-11-20-7-9-22(25)10-8-20/h3-4,6-10,12-13,15,21H,2,5,11,14,16-19H2,1H3/t21-/m0/s1. The van der Waals surface area contributed by atoms with E-state index in [1.165, 1.54) is 37.2 Å². The van der Waals surface area contributed by atoms with Crippen molar-refractivity contribution in [2.24, 2.45) is 5.92 Å². The van der Waals surface area contributed by atoms with Gasteiger partial charge in [-0.05, 0) is 74.7 Å². The molecule has 1 aliphatic rings. The fraction of sp³-hybridized carbons (Fsp3) is 0.417. The molecule has 0 bridgehead atoms. The molecule has 2 aromatic heterocycles. The molecule has 4 rings (SSSR count). The summed E-state index contributed by atoms with van der Waals surface area (Å²) in [6, 6.07) is 14.3. The fourth-order valence-corrected chi connectivity index (χ4v) is 4.51. The van der Waals surface area contributed by atoms with Crippen molar-refractivity contribution >= 4 is 11.6 Å². The van der Waals surface area contributed by atoms with Gasteiger partial charge >= 0.3 is 0 Å². The number of likely N-dealkylation sites (tertiary alicyclic amines) is 1. The number of nitrogens with zero attached hydrogens (tertiary/aromatic N) is 5. The van der Waals surface area contributed by atoms with Gasteiger partial charge < -0.3 is 9.80 Å². The number of aromatic nitrogens is 3. The molecule has 0 spiro atoms. The zero-order valence-corrected chi connectivity index (χ0v) is 18.4. The highest BCUT2D eigenvalue weighted by atomic mass is 35.5. The van der Waals surface area contributed by atoms with Gasteiger partial charge in [0.15, 0.2) is 0 Å². The van der Waals surface area contributed by atoms with Crippen LogP contribution in [0.25, 0.3) is 5.95 Å². The van der Waals surface area contributed by atoms with Gasteiger partial charge in [0.25, 0.3) is 0 Å². The third kappa shape index (κ3) is 5.69. The molecule has 1 atom stereocenters. The Morgan fingerprint density at radius 3 is 2.70 bits per heavy atom. The molecule has 0 unspecified atom stereocenters. The maximum Gasteiger partial charge on any atom is 0.233 e. The van der Waals surface area contributed by atoms with Crippen LogP contribution in [0.2, 0.25) is 5.02 Å². The van der Waals surface area contributed by atoms with E-state index < -0.39 is 0 Å². The van der Waals surface area contributed by atoms with Gasteiger partial charge in [-0.15, -0.1) is 0 Å². The second-order valence-corrected chi connectivity index (χ2v) is 8.74.